The molecule has 0 bridgehead atoms. The van der Waals surface area contributed by atoms with Crippen LogP contribution < -0.4 is 5.32 Å². The van der Waals surface area contributed by atoms with E-state index in [9.17, 15) is 0 Å². The summed E-state index contributed by atoms with van der Waals surface area (Å²) >= 11 is 0. The van der Waals surface area contributed by atoms with Crippen LogP contribution in [0.15, 0.2) is 18.5 Å². The van der Waals surface area contributed by atoms with Crippen molar-refractivity contribution in [2.75, 3.05) is 6.54 Å². The summed E-state index contributed by atoms with van der Waals surface area (Å²) in [6.07, 6.45) is 3.08. The third-order valence-electron chi connectivity index (χ3n) is 1.34. The number of aromatic nitrogens is 2. The summed E-state index contributed by atoms with van der Waals surface area (Å²) in [4.78, 5) is 8.04. The number of aliphatic hydroxyl groups is 1. The minimum Gasteiger partial charge on any atom is -0.392 e. The number of hydrogen-bond donors (Lipinski definition) is 2. The molecular weight excluding hydrogens is 154 g/mol. The second-order valence-electron chi connectivity index (χ2n) is 2.64. The van der Waals surface area contributed by atoms with Gasteiger partial charge in [0.05, 0.1) is 12.6 Å². The second-order valence-corrected chi connectivity index (χ2v) is 2.64. The van der Waals surface area contributed by atoms with Gasteiger partial charge in [-0.15, -0.1) is 0 Å². The maximum absolute atomic E-state index is 8.93. The molecule has 1 rings (SSSR count). The van der Waals surface area contributed by atoms with Crippen LogP contribution >= 0.6 is 0 Å². The molecule has 1 aromatic heterocycles. The predicted molar refractivity (Wildman–Crippen MR) is 45.4 cm³/mol. The molecule has 4 heteroatoms. The lowest BCUT2D eigenvalue weighted by atomic mass is 10.4. The van der Waals surface area contributed by atoms with Crippen molar-refractivity contribution in [1.82, 2.24) is 15.3 Å². The maximum atomic E-state index is 8.93. The summed E-state index contributed by atoms with van der Waals surface area (Å²) in [5, 5.41) is 12.0. The zero-order valence-corrected chi connectivity index (χ0v) is 7.07. The van der Waals surface area contributed by atoms with E-state index in [2.05, 4.69) is 15.3 Å². The highest BCUT2D eigenvalue weighted by Crippen LogP contribution is 1.86. The molecule has 1 atom stereocenters. The predicted octanol–water partition coefficient (Wildman–Crippen LogP) is -0.0530. The van der Waals surface area contributed by atoms with Crippen molar-refractivity contribution >= 4 is 0 Å². The van der Waals surface area contributed by atoms with E-state index in [0.717, 1.165) is 5.82 Å². The highest BCUT2D eigenvalue weighted by molar-refractivity contribution is 4.87. The van der Waals surface area contributed by atoms with Crippen molar-refractivity contribution in [1.29, 1.82) is 0 Å². The first-order valence-corrected chi connectivity index (χ1v) is 3.93. The SMILES string of the molecule is CC(O)CNCc1ncccn1. The summed E-state index contributed by atoms with van der Waals surface area (Å²) in [7, 11) is 0. The summed E-state index contributed by atoms with van der Waals surface area (Å²) in [6, 6.07) is 1.78. The van der Waals surface area contributed by atoms with Gasteiger partial charge < -0.3 is 10.4 Å². The molecule has 0 saturated carbocycles. The quantitative estimate of drug-likeness (QED) is 0.660. The van der Waals surface area contributed by atoms with Crippen LogP contribution in [-0.4, -0.2) is 27.7 Å². The average Bonchev–Trinajstić information content (AvgIpc) is 2.05. The Bertz CT molecular complexity index is 213. The Kier molecular flexibility index (Phi) is 3.63. The average molecular weight is 167 g/mol. The monoisotopic (exact) mass is 167 g/mol. The maximum Gasteiger partial charge on any atom is 0.141 e. The summed E-state index contributed by atoms with van der Waals surface area (Å²) in [6.45, 7) is 2.91. The smallest absolute Gasteiger partial charge is 0.141 e. The van der Waals surface area contributed by atoms with E-state index < -0.39 is 0 Å². The molecule has 0 radical (unpaired) electrons. The first-order chi connectivity index (χ1) is 5.79. The molecule has 0 aromatic carbocycles. The normalized spacial score (nSPS) is 12.8. The van der Waals surface area contributed by atoms with Crippen LogP contribution in [0.3, 0.4) is 0 Å². The van der Waals surface area contributed by atoms with E-state index >= 15 is 0 Å². The Morgan fingerprint density at radius 3 is 2.75 bits per heavy atom. The molecule has 0 spiro atoms. The van der Waals surface area contributed by atoms with Crippen molar-refractivity contribution in [3.8, 4) is 0 Å². The van der Waals surface area contributed by atoms with Gasteiger partial charge in [-0.2, -0.15) is 0 Å². The van der Waals surface area contributed by atoms with Crippen LogP contribution in [-0.2, 0) is 6.54 Å². The van der Waals surface area contributed by atoms with E-state index in [-0.39, 0.29) is 6.10 Å². The molecule has 0 aliphatic carbocycles. The number of nitrogens with one attached hydrogen (secondary N) is 1. The third-order valence-corrected chi connectivity index (χ3v) is 1.34. The molecule has 0 fully saturated rings. The highest BCUT2D eigenvalue weighted by Gasteiger charge is 1.96. The Hall–Kier alpha value is -1.00. The van der Waals surface area contributed by atoms with Crippen molar-refractivity contribution in [2.45, 2.75) is 19.6 Å². The zero-order valence-electron chi connectivity index (χ0n) is 7.07. The summed E-state index contributed by atoms with van der Waals surface area (Å²) in [5.74, 6) is 0.748. The molecule has 1 unspecified atom stereocenters. The summed E-state index contributed by atoms with van der Waals surface area (Å²) in [5.41, 5.74) is 0. The topological polar surface area (TPSA) is 58.0 Å². The Morgan fingerprint density at radius 2 is 2.17 bits per heavy atom. The standard InChI is InChI=1S/C8H13N3O/c1-7(12)5-9-6-8-10-3-2-4-11-8/h2-4,7,9,12H,5-6H2,1H3. The molecule has 0 aliphatic rings. The molecule has 1 aromatic rings. The molecule has 0 amide bonds. The van der Waals surface area contributed by atoms with Crippen LogP contribution in [0.1, 0.15) is 12.7 Å². The van der Waals surface area contributed by atoms with Crippen LogP contribution in [0.5, 0.6) is 0 Å². The second kappa shape index (κ2) is 4.79. The molecule has 0 saturated heterocycles. The minimum absolute atomic E-state index is 0.325. The van der Waals surface area contributed by atoms with E-state index in [1.807, 2.05) is 0 Å². The zero-order chi connectivity index (χ0) is 8.81. The lowest BCUT2D eigenvalue weighted by Gasteiger charge is -2.04. The lowest BCUT2D eigenvalue weighted by Crippen LogP contribution is -2.24. The van der Waals surface area contributed by atoms with Gasteiger partial charge in [-0.3, -0.25) is 0 Å². The van der Waals surface area contributed by atoms with E-state index in [0.29, 0.717) is 13.1 Å². The molecule has 4 nitrogen and oxygen atoms in total. The number of nitrogens with zero attached hydrogens (tertiary/aromatic N) is 2. The first-order valence-electron chi connectivity index (χ1n) is 3.93. The van der Waals surface area contributed by atoms with Gasteiger partial charge in [-0.25, -0.2) is 9.97 Å². The molecule has 12 heavy (non-hydrogen) atoms. The highest BCUT2D eigenvalue weighted by atomic mass is 16.3. The molecular formula is C8H13N3O. The van der Waals surface area contributed by atoms with Gasteiger partial charge in [0.2, 0.25) is 0 Å². The van der Waals surface area contributed by atoms with Gasteiger partial charge in [-0.1, -0.05) is 0 Å². The fraction of sp³-hybridized carbons (Fsp3) is 0.500. The van der Waals surface area contributed by atoms with Gasteiger partial charge in [0.25, 0.3) is 0 Å². The lowest BCUT2D eigenvalue weighted by molar-refractivity contribution is 0.190. The molecule has 66 valence electrons. The summed E-state index contributed by atoms with van der Waals surface area (Å²) < 4.78 is 0. The Balaban J connectivity index is 2.25. The van der Waals surface area contributed by atoms with Crippen LogP contribution in [0.25, 0.3) is 0 Å². The Labute approximate surface area is 71.7 Å². The largest absolute Gasteiger partial charge is 0.392 e. The number of rotatable bonds is 4. The van der Waals surface area contributed by atoms with Crippen molar-refractivity contribution < 1.29 is 5.11 Å². The minimum atomic E-state index is -0.325. The Morgan fingerprint density at radius 1 is 1.50 bits per heavy atom. The first kappa shape index (κ1) is 9.09. The van der Waals surface area contributed by atoms with Crippen molar-refractivity contribution in [3.63, 3.8) is 0 Å². The van der Waals surface area contributed by atoms with Gasteiger partial charge in [0, 0.05) is 18.9 Å². The molecule has 1 heterocycles. The van der Waals surface area contributed by atoms with Crippen LogP contribution in [0.2, 0.25) is 0 Å². The molecule has 0 aliphatic heterocycles. The van der Waals surface area contributed by atoms with Gasteiger partial charge in [0.15, 0.2) is 0 Å². The van der Waals surface area contributed by atoms with E-state index in [4.69, 9.17) is 5.11 Å². The van der Waals surface area contributed by atoms with Gasteiger partial charge in [-0.05, 0) is 13.0 Å². The fourth-order valence-electron chi connectivity index (χ4n) is 0.814. The van der Waals surface area contributed by atoms with E-state index in [1.54, 1.807) is 25.4 Å². The van der Waals surface area contributed by atoms with Gasteiger partial charge >= 0.3 is 0 Å². The van der Waals surface area contributed by atoms with Crippen molar-refractivity contribution in [3.05, 3.63) is 24.3 Å². The number of hydrogen-bond acceptors (Lipinski definition) is 4. The number of aliphatic hydroxyl groups excluding tert-OH is 1. The van der Waals surface area contributed by atoms with Crippen LogP contribution in [0, 0.1) is 0 Å². The van der Waals surface area contributed by atoms with Crippen LogP contribution in [0.4, 0.5) is 0 Å². The molecule has 2 N–H and O–H groups in total. The van der Waals surface area contributed by atoms with Gasteiger partial charge in [0.1, 0.15) is 5.82 Å². The third kappa shape index (κ3) is 3.41. The van der Waals surface area contributed by atoms with E-state index in [1.165, 1.54) is 0 Å². The van der Waals surface area contributed by atoms with Crippen molar-refractivity contribution in [2.24, 2.45) is 0 Å². The fourth-order valence-corrected chi connectivity index (χ4v) is 0.814.